The van der Waals surface area contributed by atoms with E-state index in [1.165, 1.54) is 0 Å². The summed E-state index contributed by atoms with van der Waals surface area (Å²) in [5.74, 6) is -3.26. The van der Waals surface area contributed by atoms with E-state index in [4.69, 9.17) is 4.74 Å². The van der Waals surface area contributed by atoms with Gasteiger partial charge in [0.25, 0.3) is 0 Å². The van der Waals surface area contributed by atoms with E-state index in [0.29, 0.717) is 6.54 Å². The summed E-state index contributed by atoms with van der Waals surface area (Å²) in [4.78, 5) is 39.4. The fraction of sp³-hybridized carbons (Fsp3) is 0.500. The molecule has 0 bridgehead atoms. The zero-order valence-electron chi connectivity index (χ0n) is 14.6. The predicted octanol–water partition coefficient (Wildman–Crippen LogP) is 1.24. The molecule has 1 N–H and O–H groups in total. The van der Waals surface area contributed by atoms with Crippen molar-refractivity contribution in [3.05, 3.63) is 30.3 Å². The van der Waals surface area contributed by atoms with E-state index in [9.17, 15) is 19.5 Å². The van der Waals surface area contributed by atoms with Crippen LogP contribution in [0.25, 0.3) is 0 Å². The second kappa shape index (κ2) is 8.62. The number of benzene rings is 1. The van der Waals surface area contributed by atoms with Crippen LogP contribution < -0.4 is 4.90 Å². The fourth-order valence-corrected chi connectivity index (χ4v) is 3.14. The molecule has 136 valence electrons. The first-order chi connectivity index (χ1) is 12.0. The van der Waals surface area contributed by atoms with Gasteiger partial charge in [0.2, 0.25) is 5.91 Å². The number of carbonyl (C=O) groups is 3. The van der Waals surface area contributed by atoms with Gasteiger partial charge in [0, 0.05) is 25.3 Å². The minimum absolute atomic E-state index is 0.0718. The van der Waals surface area contributed by atoms with E-state index in [-0.39, 0.29) is 32.1 Å². The van der Waals surface area contributed by atoms with Crippen molar-refractivity contribution in [3.63, 3.8) is 0 Å². The van der Waals surface area contributed by atoms with E-state index in [1.54, 1.807) is 16.7 Å². The second-order valence-electron chi connectivity index (χ2n) is 5.97. The van der Waals surface area contributed by atoms with Crippen LogP contribution in [0.5, 0.6) is 0 Å². The van der Waals surface area contributed by atoms with Crippen LogP contribution in [0.15, 0.2) is 30.3 Å². The van der Waals surface area contributed by atoms with Crippen LogP contribution in [0.4, 0.5) is 5.69 Å². The Morgan fingerprint density at radius 3 is 2.36 bits per heavy atom. The Morgan fingerprint density at radius 1 is 1.16 bits per heavy atom. The Labute approximate surface area is 147 Å². The molecule has 2 atom stereocenters. The highest BCUT2D eigenvalue weighted by Gasteiger charge is 2.43. The highest BCUT2D eigenvalue weighted by molar-refractivity contribution is 5.95. The van der Waals surface area contributed by atoms with Crippen LogP contribution >= 0.6 is 0 Å². The van der Waals surface area contributed by atoms with Crippen LogP contribution in [0.2, 0.25) is 0 Å². The summed E-state index contributed by atoms with van der Waals surface area (Å²) in [7, 11) is 0. The molecule has 25 heavy (non-hydrogen) atoms. The number of para-hydroxylation sites is 1. The van der Waals surface area contributed by atoms with Gasteiger partial charge >= 0.3 is 11.9 Å². The first kappa shape index (κ1) is 18.9. The van der Waals surface area contributed by atoms with E-state index < -0.39 is 23.8 Å². The maximum absolute atomic E-state index is 12.6. The number of rotatable bonds is 7. The number of ether oxygens (including phenoxy) is 1. The molecule has 1 aliphatic heterocycles. The van der Waals surface area contributed by atoms with Gasteiger partial charge in [-0.25, -0.2) is 0 Å². The third kappa shape index (κ3) is 4.57. The topological polar surface area (TPSA) is 87.2 Å². The lowest BCUT2D eigenvalue weighted by Gasteiger charge is -2.24. The maximum atomic E-state index is 12.6. The van der Waals surface area contributed by atoms with Gasteiger partial charge in [-0.3, -0.25) is 19.3 Å². The van der Waals surface area contributed by atoms with Crippen molar-refractivity contribution < 1.29 is 24.2 Å². The van der Waals surface area contributed by atoms with Crippen molar-refractivity contribution in [1.82, 2.24) is 4.90 Å². The zero-order valence-corrected chi connectivity index (χ0v) is 14.6. The summed E-state index contributed by atoms with van der Waals surface area (Å²) in [6, 6.07) is 9.31. The van der Waals surface area contributed by atoms with Gasteiger partial charge in [0.1, 0.15) is 0 Å². The summed E-state index contributed by atoms with van der Waals surface area (Å²) in [6.45, 7) is 4.74. The third-order valence-electron chi connectivity index (χ3n) is 4.35. The van der Waals surface area contributed by atoms with Gasteiger partial charge in [0.15, 0.2) is 0 Å². The average molecular weight is 348 g/mol. The van der Waals surface area contributed by atoms with Crippen LogP contribution in [0.3, 0.4) is 0 Å². The highest BCUT2D eigenvalue weighted by atomic mass is 16.5. The van der Waals surface area contributed by atoms with E-state index in [1.807, 2.05) is 37.3 Å². The summed E-state index contributed by atoms with van der Waals surface area (Å²) < 4.78 is 4.97. The molecule has 1 heterocycles. The van der Waals surface area contributed by atoms with Gasteiger partial charge in [-0.05, 0) is 26.0 Å². The van der Waals surface area contributed by atoms with E-state index >= 15 is 0 Å². The SMILES string of the molecule is CCOC(=O)[C@@H]1CN(CC(=O)N(CC)c2ccccc2)C[C@H]1C(=O)O. The van der Waals surface area contributed by atoms with Crippen LogP contribution in [0.1, 0.15) is 13.8 Å². The minimum atomic E-state index is -1.04. The molecule has 7 heteroatoms. The Bertz CT molecular complexity index is 619. The number of carboxylic acid groups (broad SMARTS) is 1. The number of likely N-dealkylation sites (tertiary alicyclic amines) is 1. The average Bonchev–Trinajstić information content (AvgIpc) is 3.01. The quantitative estimate of drug-likeness (QED) is 0.746. The van der Waals surface area contributed by atoms with Crippen molar-refractivity contribution in [3.8, 4) is 0 Å². The number of anilines is 1. The van der Waals surface area contributed by atoms with Crippen molar-refractivity contribution in [2.45, 2.75) is 13.8 Å². The van der Waals surface area contributed by atoms with Gasteiger partial charge in [-0.15, -0.1) is 0 Å². The number of aliphatic carboxylic acids is 1. The molecule has 1 saturated heterocycles. The molecule has 1 aromatic rings. The standard InChI is InChI=1S/C18H24N2O5/c1-3-20(13-8-6-5-7-9-13)16(21)12-19-10-14(17(22)23)15(11-19)18(24)25-4-2/h5-9,14-15H,3-4,10-12H2,1-2H3,(H,22,23)/t14-,15-/m1/s1. The molecule has 0 spiro atoms. The molecule has 0 saturated carbocycles. The summed E-state index contributed by atoms with van der Waals surface area (Å²) in [5, 5.41) is 9.36. The monoisotopic (exact) mass is 348 g/mol. The number of carboxylic acids is 1. The van der Waals surface area contributed by atoms with Crippen LogP contribution in [0, 0.1) is 11.8 Å². The summed E-state index contributed by atoms with van der Waals surface area (Å²) in [6.07, 6.45) is 0. The largest absolute Gasteiger partial charge is 0.481 e. The van der Waals surface area contributed by atoms with Gasteiger partial charge in [-0.1, -0.05) is 18.2 Å². The Hall–Kier alpha value is -2.41. The molecule has 0 aromatic heterocycles. The molecular weight excluding hydrogens is 324 g/mol. The minimum Gasteiger partial charge on any atom is -0.481 e. The smallest absolute Gasteiger partial charge is 0.311 e. The van der Waals surface area contributed by atoms with Gasteiger partial charge in [0.05, 0.1) is 25.0 Å². The normalized spacial score (nSPS) is 20.2. The molecule has 0 radical (unpaired) electrons. The lowest BCUT2D eigenvalue weighted by atomic mass is 9.96. The molecule has 7 nitrogen and oxygen atoms in total. The third-order valence-corrected chi connectivity index (χ3v) is 4.35. The Balaban J connectivity index is 2.05. The molecule has 1 fully saturated rings. The number of hydrogen-bond donors (Lipinski definition) is 1. The fourth-order valence-electron chi connectivity index (χ4n) is 3.14. The highest BCUT2D eigenvalue weighted by Crippen LogP contribution is 2.25. The number of esters is 1. The number of nitrogens with zero attached hydrogens (tertiary/aromatic N) is 2. The Kier molecular flexibility index (Phi) is 6.52. The zero-order chi connectivity index (χ0) is 18.4. The molecule has 0 unspecified atom stereocenters. The van der Waals surface area contributed by atoms with Crippen molar-refractivity contribution in [1.29, 1.82) is 0 Å². The molecule has 0 aliphatic carbocycles. The van der Waals surface area contributed by atoms with Crippen molar-refractivity contribution >= 4 is 23.5 Å². The number of amides is 1. The second-order valence-corrected chi connectivity index (χ2v) is 5.97. The van der Waals surface area contributed by atoms with Crippen LogP contribution in [-0.4, -0.2) is 60.6 Å². The van der Waals surface area contributed by atoms with Gasteiger partial charge in [-0.2, -0.15) is 0 Å². The Morgan fingerprint density at radius 2 is 1.80 bits per heavy atom. The molecule has 1 amide bonds. The summed E-state index contributed by atoms with van der Waals surface area (Å²) >= 11 is 0. The number of likely N-dealkylation sites (N-methyl/N-ethyl adjacent to an activating group) is 1. The van der Waals surface area contributed by atoms with Crippen molar-refractivity contribution in [2.24, 2.45) is 11.8 Å². The number of carbonyl (C=O) groups excluding carboxylic acids is 2. The molecule has 1 aromatic carbocycles. The van der Waals surface area contributed by atoms with Crippen molar-refractivity contribution in [2.75, 3.05) is 37.7 Å². The molecule has 1 aliphatic rings. The lowest BCUT2D eigenvalue weighted by Crippen LogP contribution is -2.40. The lowest BCUT2D eigenvalue weighted by molar-refractivity contribution is -0.155. The predicted molar refractivity (Wildman–Crippen MR) is 92.2 cm³/mol. The van der Waals surface area contributed by atoms with Crippen LogP contribution in [-0.2, 0) is 19.1 Å². The first-order valence-electron chi connectivity index (χ1n) is 8.45. The van der Waals surface area contributed by atoms with E-state index in [2.05, 4.69) is 0 Å². The van der Waals surface area contributed by atoms with E-state index in [0.717, 1.165) is 5.69 Å². The van der Waals surface area contributed by atoms with Gasteiger partial charge < -0.3 is 14.7 Å². The molecule has 2 rings (SSSR count). The molecular formula is C18H24N2O5. The first-order valence-corrected chi connectivity index (χ1v) is 8.45. The summed E-state index contributed by atoms with van der Waals surface area (Å²) in [5.41, 5.74) is 0.797. The maximum Gasteiger partial charge on any atom is 0.311 e. The number of hydrogen-bond acceptors (Lipinski definition) is 5.